The molecule has 1 aromatic rings. The van der Waals surface area contributed by atoms with Crippen molar-refractivity contribution in [2.75, 3.05) is 11.6 Å². The number of anilines is 1. The van der Waals surface area contributed by atoms with E-state index in [9.17, 15) is 13.2 Å². The molecule has 1 N–H and O–H groups in total. The molecule has 0 aromatic heterocycles. The van der Waals surface area contributed by atoms with Crippen LogP contribution in [0.1, 0.15) is 26.3 Å². The molecule has 0 aliphatic rings. The van der Waals surface area contributed by atoms with Gasteiger partial charge < -0.3 is 5.32 Å². The summed E-state index contributed by atoms with van der Waals surface area (Å²) >= 11 is 0. The van der Waals surface area contributed by atoms with Gasteiger partial charge in [-0.1, -0.05) is 12.1 Å². The van der Waals surface area contributed by atoms with Gasteiger partial charge in [-0.25, -0.2) is 8.42 Å². The van der Waals surface area contributed by atoms with Gasteiger partial charge in [0.1, 0.15) is 0 Å². The van der Waals surface area contributed by atoms with E-state index in [1.54, 1.807) is 38.1 Å². The first-order valence-electron chi connectivity index (χ1n) is 5.22. The average molecular weight is 255 g/mol. The Kier molecular flexibility index (Phi) is 3.62. The minimum atomic E-state index is -3.18. The van der Waals surface area contributed by atoms with E-state index in [0.717, 1.165) is 0 Å². The molecule has 0 atom stereocenters. The van der Waals surface area contributed by atoms with Gasteiger partial charge in [0.2, 0.25) is 5.91 Å². The SMILES string of the molecule is CC(=O)Nc1ccc(C(C)(C)S(C)(=O)=O)cc1. The first-order chi connectivity index (χ1) is 7.64. The number of hydrogen-bond donors (Lipinski definition) is 1. The van der Waals surface area contributed by atoms with Crippen LogP contribution in [0.25, 0.3) is 0 Å². The Morgan fingerprint density at radius 3 is 2.00 bits per heavy atom. The normalized spacial score (nSPS) is 12.2. The third kappa shape index (κ3) is 3.06. The van der Waals surface area contributed by atoms with Gasteiger partial charge in [-0.2, -0.15) is 0 Å². The smallest absolute Gasteiger partial charge is 0.221 e. The summed E-state index contributed by atoms with van der Waals surface area (Å²) in [4.78, 5) is 10.8. The van der Waals surface area contributed by atoms with Crippen molar-refractivity contribution in [2.45, 2.75) is 25.5 Å². The van der Waals surface area contributed by atoms with Gasteiger partial charge in [0, 0.05) is 18.9 Å². The number of benzene rings is 1. The van der Waals surface area contributed by atoms with Gasteiger partial charge in [-0.05, 0) is 31.5 Å². The predicted octanol–water partition coefficient (Wildman–Crippen LogP) is 1.92. The predicted molar refractivity (Wildman–Crippen MR) is 68.6 cm³/mol. The summed E-state index contributed by atoms with van der Waals surface area (Å²) < 4.78 is 22.4. The molecule has 4 nitrogen and oxygen atoms in total. The largest absolute Gasteiger partial charge is 0.326 e. The van der Waals surface area contributed by atoms with E-state index in [2.05, 4.69) is 5.32 Å². The quantitative estimate of drug-likeness (QED) is 0.897. The van der Waals surface area contributed by atoms with Crippen LogP contribution < -0.4 is 5.32 Å². The lowest BCUT2D eigenvalue weighted by atomic mass is 10.0. The lowest BCUT2D eigenvalue weighted by Crippen LogP contribution is -2.27. The number of hydrogen-bond acceptors (Lipinski definition) is 3. The Balaban J connectivity index is 3.07. The van der Waals surface area contributed by atoms with Crippen LogP contribution in [0.15, 0.2) is 24.3 Å². The minimum absolute atomic E-state index is 0.153. The molecule has 1 rings (SSSR count). The number of sulfone groups is 1. The molecule has 0 aliphatic carbocycles. The molecule has 94 valence electrons. The zero-order chi connectivity index (χ0) is 13.3. The Bertz CT molecular complexity index is 515. The molecule has 0 fully saturated rings. The van der Waals surface area contributed by atoms with Crippen LogP contribution in [-0.4, -0.2) is 20.6 Å². The van der Waals surface area contributed by atoms with Crippen molar-refractivity contribution >= 4 is 21.4 Å². The molecule has 0 bridgehead atoms. The number of amides is 1. The lowest BCUT2D eigenvalue weighted by molar-refractivity contribution is -0.114. The topological polar surface area (TPSA) is 63.2 Å². The highest BCUT2D eigenvalue weighted by Gasteiger charge is 2.31. The van der Waals surface area contributed by atoms with Gasteiger partial charge in [0.15, 0.2) is 9.84 Å². The molecule has 0 heterocycles. The van der Waals surface area contributed by atoms with Gasteiger partial charge >= 0.3 is 0 Å². The molecule has 5 heteroatoms. The monoisotopic (exact) mass is 255 g/mol. The summed E-state index contributed by atoms with van der Waals surface area (Å²) in [5.41, 5.74) is 1.36. The Hall–Kier alpha value is -1.36. The maximum Gasteiger partial charge on any atom is 0.221 e. The molecule has 0 unspecified atom stereocenters. The van der Waals surface area contributed by atoms with Crippen LogP contribution in [0.5, 0.6) is 0 Å². The van der Waals surface area contributed by atoms with E-state index >= 15 is 0 Å². The van der Waals surface area contributed by atoms with Crippen LogP contribution in [-0.2, 0) is 19.4 Å². The van der Waals surface area contributed by atoms with E-state index in [4.69, 9.17) is 0 Å². The molecule has 0 saturated carbocycles. The van der Waals surface area contributed by atoms with Crippen molar-refractivity contribution in [2.24, 2.45) is 0 Å². The highest BCUT2D eigenvalue weighted by atomic mass is 32.2. The zero-order valence-corrected chi connectivity index (χ0v) is 11.3. The highest BCUT2D eigenvalue weighted by Crippen LogP contribution is 2.29. The maximum absolute atomic E-state index is 11.6. The van der Waals surface area contributed by atoms with Crippen molar-refractivity contribution in [3.8, 4) is 0 Å². The number of carbonyl (C=O) groups excluding carboxylic acids is 1. The second kappa shape index (κ2) is 4.49. The Labute approximate surface area is 102 Å². The van der Waals surface area contributed by atoms with E-state index in [1.165, 1.54) is 13.2 Å². The van der Waals surface area contributed by atoms with Crippen LogP contribution in [0.2, 0.25) is 0 Å². The van der Waals surface area contributed by atoms with Crippen molar-refractivity contribution in [3.63, 3.8) is 0 Å². The first-order valence-corrected chi connectivity index (χ1v) is 7.11. The third-order valence-electron chi connectivity index (χ3n) is 2.83. The second-order valence-electron chi connectivity index (χ2n) is 4.54. The summed E-state index contributed by atoms with van der Waals surface area (Å²) in [6.45, 7) is 4.75. The fourth-order valence-corrected chi connectivity index (χ4v) is 1.94. The van der Waals surface area contributed by atoms with Gasteiger partial charge in [-0.3, -0.25) is 4.79 Å². The fourth-order valence-electron chi connectivity index (χ4n) is 1.37. The van der Waals surface area contributed by atoms with Gasteiger partial charge in [0.05, 0.1) is 4.75 Å². The van der Waals surface area contributed by atoms with E-state index in [-0.39, 0.29) is 5.91 Å². The molecule has 17 heavy (non-hydrogen) atoms. The molecular weight excluding hydrogens is 238 g/mol. The Morgan fingerprint density at radius 2 is 1.65 bits per heavy atom. The van der Waals surface area contributed by atoms with Crippen molar-refractivity contribution in [3.05, 3.63) is 29.8 Å². The van der Waals surface area contributed by atoms with Crippen LogP contribution in [0, 0.1) is 0 Å². The van der Waals surface area contributed by atoms with Gasteiger partial charge in [-0.15, -0.1) is 0 Å². The number of nitrogens with one attached hydrogen (secondary N) is 1. The lowest BCUT2D eigenvalue weighted by Gasteiger charge is -2.23. The van der Waals surface area contributed by atoms with Gasteiger partial charge in [0.25, 0.3) is 0 Å². The standard InChI is InChI=1S/C12H17NO3S/c1-9(14)13-11-7-5-10(6-8-11)12(2,3)17(4,15)16/h5-8H,1-4H3,(H,13,14). The second-order valence-corrected chi connectivity index (χ2v) is 7.11. The van der Waals surface area contributed by atoms with E-state index in [0.29, 0.717) is 11.3 Å². The third-order valence-corrected chi connectivity index (χ3v) is 4.92. The molecule has 0 aliphatic heterocycles. The molecule has 1 aromatic carbocycles. The first kappa shape index (κ1) is 13.7. The van der Waals surface area contributed by atoms with E-state index < -0.39 is 14.6 Å². The molecule has 1 amide bonds. The van der Waals surface area contributed by atoms with E-state index in [1.807, 2.05) is 0 Å². The average Bonchev–Trinajstić information content (AvgIpc) is 2.15. The summed E-state index contributed by atoms with van der Waals surface area (Å²) in [7, 11) is -3.18. The summed E-state index contributed by atoms with van der Waals surface area (Å²) in [5.74, 6) is -0.153. The van der Waals surface area contributed by atoms with Crippen LogP contribution in [0.4, 0.5) is 5.69 Å². The fraction of sp³-hybridized carbons (Fsp3) is 0.417. The minimum Gasteiger partial charge on any atom is -0.326 e. The molecule has 0 saturated heterocycles. The molecular formula is C12H17NO3S. The van der Waals surface area contributed by atoms with Crippen LogP contribution >= 0.6 is 0 Å². The van der Waals surface area contributed by atoms with Crippen molar-refractivity contribution in [1.29, 1.82) is 0 Å². The highest BCUT2D eigenvalue weighted by molar-refractivity contribution is 7.91. The summed E-state index contributed by atoms with van der Waals surface area (Å²) in [6, 6.07) is 6.83. The maximum atomic E-state index is 11.6. The summed E-state index contributed by atoms with van der Waals surface area (Å²) in [6.07, 6.45) is 1.22. The van der Waals surface area contributed by atoms with Crippen LogP contribution in [0.3, 0.4) is 0 Å². The van der Waals surface area contributed by atoms with Crippen molar-refractivity contribution < 1.29 is 13.2 Å². The van der Waals surface area contributed by atoms with Crippen molar-refractivity contribution in [1.82, 2.24) is 0 Å². The number of rotatable bonds is 3. The Morgan fingerprint density at radius 1 is 1.18 bits per heavy atom. The molecule has 0 radical (unpaired) electrons. The zero-order valence-electron chi connectivity index (χ0n) is 10.4. The number of carbonyl (C=O) groups is 1. The summed E-state index contributed by atoms with van der Waals surface area (Å²) in [5, 5.41) is 2.63. The molecule has 0 spiro atoms.